The van der Waals surface area contributed by atoms with E-state index in [4.69, 9.17) is 9.40 Å². The Kier molecular flexibility index (Phi) is 4.17. The number of fused-ring (bicyclic) bond motifs is 3. The molecule has 0 fully saturated rings. The fraction of sp³-hybridized carbons (Fsp3) is 0.154. The largest absolute Gasteiger partial charge is 0.437 e. The maximum atomic E-state index is 6.30. The molecule has 3 heterocycles. The van der Waals surface area contributed by atoms with Crippen LogP contribution in [0, 0.1) is 13.8 Å². The third-order valence-electron chi connectivity index (χ3n) is 5.61. The molecule has 0 bridgehead atoms. The lowest BCUT2D eigenvalue weighted by molar-refractivity contribution is 0.655. The Morgan fingerprint density at radius 3 is 2.41 bits per heavy atom. The van der Waals surface area contributed by atoms with E-state index in [2.05, 4.69) is 86.4 Å². The van der Waals surface area contributed by atoms with Crippen LogP contribution in [0.1, 0.15) is 23.6 Å². The third kappa shape index (κ3) is 2.90. The summed E-state index contributed by atoms with van der Waals surface area (Å²) in [6.07, 6.45) is 2.85. The van der Waals surface area contributed by atoms with Crippen LogP contribution in [0.4, 0.5) is 0 Å². The van der Waals surface area contributed by atoms with Gasteiger partial charge in [0.25, 0.3) is 0 Å². The number of hydrogen-bond donors (Lipinski definition) is 0. The highest BCUT2D eigenvalue weighted by Gasteiger charge is 2.16. The van der Waals surface area contributed by atoms with Gasteiger partial charge in [-0.1, -0.05) is 37.3 Å². The quantitative estimate of drug-likeness (QED) is 0.343. The zero-order chi connectivity index (χ0) is 20.0. The smallest absolute Gasteiger partial charge is 0.227 e. The van der Waals surface area contributed by atoms with Gasteiger partial charge in [-0.3, -0.25) is 4.98 Å². The highest BCUT2D eigenvalue weighted by molar-refractivity contribution is 6.08. The first-order valence-electron chi connectivity index (χ1n) is 10.00. The number of nitrogens with zero attached hydrogens (tertiary/aromatic N) is 2. The first-order chi connectivity index (χ1) is 14.2. The van der Waals surface area contributed by atoms with Crippen molar-refractivity contribution in [3.05, 3.63) is 83.6 Å². The molecule has 29 heavy (non-hydrogen) atoms. The van der Waals surface area contributed by atoms with E-state index in [1.165, 1.54) is 22.3 Å². The normalized spacial score (nSPS) is 11.4. The molecular formula is C26H22N2O. The Morgan fingerprint density at radius 1 is 0.828 bits per heavy atom. The summed E-state index contributed by atoms with van der Waals surface area (Å²) in [7, 11) is 0. The van der Waals surface area contributed by atoms with Crippen LogP contribution in [0.25, 0.3) is 44.6 Å². The van der Waals surface area contributed by atoms with Crippen LogP contribution in [0.2, 0.25) is 0 Å². The van der Waals surface area contributed by atoms with E-state index in [0.29, 0.717) is 5.71 Å². The van der Waals surface area contributed by atoms with E-state index in [1.807, 2.05) is 6.20 Å². The molecule has 0 aliphatic rings. The third-order valence-corrected chi connectivity index (χ3v) is 5.61. The Balaban J connectivity index is 1.73. The Bertz CT molecular complexity index is 1340. The SMILES string of the molecule is CCc1ccnc(-c2cccc3c2oc2nc(-c4c(C)cccc4C)ccc23)c1. The van der Waals surface area contributed by atoms with Gasteiger partial charge in [0.05, 0.1) is 11.4 Å². The van der Waals surface area contributed by atoms with Gasteiger partial charge in [-0.05, 0) is 67.3 Å². The molecule has 0 spiro atoms. The second-order valence-corrected chi connectivity index (χ2v) is 7.50. The van der Waals surface area contributed by atoms with Gasteiger partial charge in [0, 0.05) is 28.1 Å². The molecule has 0 saturated carbocycles. The number of furan rings is 1. The predicted octanol–water partition coefficient (Wildman–Crippen LogP) is 6.89. The first-order valence-corrected chi connectivity index (χ1v) is 10.00. The maximum absolute atomic E-state index is 6.30. The molecule has 3 nitrogen and oxygen atoms in total. The van der Waals surface area contributed by atoms with Crippen LogP contribution in [0.15, 0.2) is 71.3 Å². The van der Waals surface area contributed by atoms with E-state index < -0.39 is 0 Å². The summed E-state index contributed by atoms with van der Waals surface area (Å²) in [5.41, 5.74) is 9.26. The fourth-order valence-electron chi connectivity index (χ4n) is 4.08. The summed E-state index contributed by atoms with van der Waals surface area (Å²) >= 11 is 0. The molecule has 0 atom stereocenters. The van der Waals surface area contributed by atoms with Crippen LogP contribution in [0.5, 0.6) is 0 Å². The van der Waals surface area contributed by atoms with Crippen molar-refractivity contribution in [1.82, 2.24) is 9.97 Å². The number of rotatable bonds is 3. The van der Waals surface area contributed by atoms with Gasteiger partial charge in [0.1, 0.15) is 5.58 Å². The van der Waals surface area contributed by atoms with Crippen molar-refractivity contribution < 1.29 is 4.42 Å². The molecule has 3 aromatic heterocycles. The molecule has 0 aliphatic carbocycles. The molecule has 0 aliphatic heterocycles. The Hall–Kier alpha value is -3.46. The molecular weight excluding hydrogens is 356 g/mol. The Labute approximate surface area is 170 Å². The average molecular weight is 378 g/mol. The number of aryl methyl sites for hydroxylation is 3. The lowest BCUT2D eigenvalue weighted by Gasteiger charge is -2.08. The van der Waals surface area contributed by atoms with E-state index in [-0.39, 0.29) is 0 Å². The van der Waals surface area contributed by atoms with Gasteiger partial charge >= 0.3 is 0 Å². The van der Waals surface area contributed by atoms with E-state index >= 15 is 0 Å². The van der Waals surface area contributed by atoms with Crippen molar-refractivity contribution in [1.29, 1.82) is 0 Å². The van der Waals surface area contributed by atoms with Crippen LogP contribution < -0.4 is 0 Å². The van der Waals surface area contributed by atoms with E-state index in [9.17, 15) is 0 Å². The number of benzene rings is 2. The van der Waals surface area contributed by atoms with Crippen molar-refractivity contribution in [2.45, 2.75) is 27.2 Å². The minimum Gasteiger partial charge on any atom is -0.437 e. The van der Waals surface area contributed by atoms with Gasteiger partial charge in [0.2, 0.25) is 5.71 Å². The molecule has 5 aromatic rings. The van der Waals surface area contributed by atoms with Gasteiger partial charge in [0.15, 0.2) is 0 Å². The average Bonchev–Trinajstić information content (AvgIpc) is 3.11. The number of para-hydroxylation sites is 1. The van der Waals surface area contributed by atoms with Gasteiger partial charge in [-0.15, -0.1) is 0 Å². The van der Waals surface area contributed by atoms with Gasteiger partial charge < -0.3 is 4.42 Å². The van der Waals surface area contributed by atoms with Gasteiger partial charge in [-0.25, -0.2) is 4.98 Å². The zero-order valence-electron chi connectivity index (χ0n) is 16.9. The maximum Gasteiger partial charge on any atom is 0.227 e. The fourth-order valence-corrected chi connectivity index (χ4v) is 4.08. The van der Waals surface area contributed by atoms with E-state index in [0.717, 1.165) is 39.7 Å². The van der Waals surface area contributed by atoms with Crippen molar-refractivity contribution in [2.75, 3.05) is 0 Å². The number of hydrogen-bond acceptors (Lipinski definition) is 3. The lowest BCUT2D eigenvalue weighted by Crippen LogP contribution is -1.90. The second-order valence-electron chi connectivity index (χ2n) is 7.50. The van der Waals surface area contributed by atoms with E-state index in [1.54, 1.807) is 0 Å². The molecule has 5 rings (SSSR count). The first kappa shape index (κ1) is 17.6. The standard InChI is InChI=1S/C26H22N2O/c1-4-18-13-14-27-23(15-18)21-10-6-9-19-20-11-12-22(28-26(20)29-25(19)21)24-16(2)7-5-8-17(24)3/h5-15H,4H2,1-3H3. The topological polar surface area (TPSA) is 38.9 Å². The van der Waals surface area contributed by atoms with Crippen molar-refractivity contribution >= 4 is 22.1 Å². The highest BCUT2D eigenvalue weighted by atomic mass is 16.3. The molecule has 2 aromatic carbocycles. The molecule has 142 valence electrons. The van der Waals surface area contributed by atoms with Crippen molar-refractivity contribution in [3.63, 3.8) is 0 Å². The summed E-state index contributed by atoms with van der Waals surface area (Å²) in [4.78, 5) is 9.47. The highest BCUT2D eigenvalue weighted by Crippen LogP contribution is 2.36. The molecule has 0 saturated heterocycles. The summed E-state index contributed by atoms with van der Waals surface area (Å²) in [6, 6.07) is 21.0. The molecule has 0 N–H and O–H groups in total. The van der Waals surface area contributed by atoms with Crippen LogP contribution in [-0.4, -0.2) is 9.97 Å². The molecule has 0 unspecified atom stereocenters. The monoisotopic (exact) mass is 378 g/mol. The minimum atomic E-state index is 0.666. The Morgan fingerprint density at radius 2 is 1.62 bits per heavy atom. The lowest BCUT2D eigenvalue weighted by atomic mass is 9.99. The zero-order valence-corrected chi connectivity index (χ0v) is 16.9. The van der Waals surface area contributed by atoms with Crippen LogP contribution in [-0.2, 0) is 6.42 Å². The molecule has 3 heteroatoms. The molecule has 0 amide bonds. The second kappa shape index (κ2) is 6.85. The summed E-state index contributed by atoms with van der Waals surface area (Å²) in [5, 5.41) is 2.10. The summed E-state index contributed by atoms with van der Waals surface area (Å²) in [6.45, 7) is 6.40. The van der Waals surface area contributed by atoms with Crippen LogP contribution >= 0.6 is 0 Å². The minimum absolute atomic E-state index is 0.666. The van der Waals surface area contributed by atoms with Crippen LogP contribution in [0.3, 0.4) is 0 Å². The molecule has 0 radical (unpaired) electrons. The summed E-state index contributed by atoms with van der Waals surface area (Å²) < 4.78 is 6.30. The van der Waals surface area contributed by atoms with Crippen molar-refractivity contribution in [2.24, 2.45) is 0 Å². The number of aromatic nitrogens is 2. The van der Waals surface area contributed by atoms with Crippen molar-refractivity contribution in [3.8, 4) is 22.5 Å². The number of pyridine rings is 2. The predicted molar refractivity (Wildman–Crippen MR) is 119 cm³/mol. The van der Waals surface area contributed by atoms with Gasteiger partial charge in [-0.2, -0.15) is 0 Å². The summed E-state index contributed by atoms with van der Waals surface area (Å²) in [5.74, 6) is 0.